The molecule has 6 nitrogen and oxygen atoms in total. The van der Waals surface area contributed by atoms with Crippen molar-refractivity contribution in [2.24, 2.45) is 7.05 Å². The first-order chi connectivity index (χ1) is 9.74. The summed E-state index contributed by atoms with van der Waals surface area (Å²) in [6, 6.07) is 3.97. The van der Waals surface area contributed by atoms with Crippen LogP contribution in [0.15, 0.2) is 43.1 Å². The highest BCUT2D eigenvalue weighted by Crippen LogP contribution is 2.12. The van der Waals surface area contributed by atoms with Crippen molar-refractivity contribution in [2.75, 3.05) is 5.32 Å². The second-order valence-electron chi connectivity index (χ2n) is 4.56. The van der Waals surface area contributed by atoms with Crippen molar-refractivity contribution >= 4 is 5.69 Å². The summed E-state index contributed by atoms with van der Waals surface area (Å²) in [5, 5.41) is 3.30. The fourth-order valence-electron chi connectivity index (χ4n) is 2.00. The third kappa shape index (κ3) is 2.40. The van der Waals surface area contributed by atoms with Crippen LogP contribution in [0.2, 0.25) is 0 Å². The van der Waals surface area contributed by atoms with Gasteiger partial charge >= 0.3 is 0 Å². The summed E-state index contributed by atoms with van der Waals surface area (Å²) in [7, 11) is 1.98. The minimum atomic E-state index is 0.675. The van der Waals surface area contributed by atoms with Gasteiger partial charge < -0.3 is 9.88 Å². The van der Waals surface area contributed by atoms with Crippen molar-refractivity contribution < 1.29 is 0 Å². The average Bonchev–Trinajstić information content (AvgIpc) is 3.06. The molecule has 0 amide bonds. The Morgan fingerprint density at radius 3 is 2.55 bits per heavy atom. The Morgan fingerprint density at radius 2 is 1.95 bits per heavy atom. The zero-order valence-electron chi connectivity index (χ0n) is 11.5. The van der Waals surface area contributed by atoms with Crippen LogP contribution in [0.5, 0.6) is 0 Å². The first-order valence-corrected chi connectivity index (χ1v) is 6.40. The Labute approximate surface area is 117 Å². The lowest BCUT2D eigenvalue weighted by Crippen LogP contribution is -2.06. The molecule has 0 aliphatic rings. The SMILES string of the molecule is Cc1nccn1-c1ccc(NCc2nccn2C)cn1. The summed E-state index contributed by atoms with van der Waals surface area (Å²) in [5.74, 6) is 2.77. The quantitative estimate of drug-likeness (QED) is 0.785. The van der Waals surface area contributed by atoms with E-state index >= 15 is 0 Å². The van der Waals surface area contributed by atoms with Crippen LogP contribution in [0.4, 0.5) is 5.69 Å². The number of hydrogen-bond donors (Lipinski definition) is 1. The van der Waals surface area contributed by atoms with Gasteiger partial charge in [-0.05, 0) is 19.1 Å². The molecule has 0 spiro atoms. The first kappa shape index (κ1) is 12.4. The van der Waals surface area contributed by atoms with Crippen LogP contribution in [0.1, 0.15) is 11.6 Å². The highest BCUT2D eigenvalue weighted by atomic mass is 15.1. The molecule has 0 aliphatic carbocycles. The molecule has 1 N–H and O–H groups in total. The third-order valence-corrected chi connectivity index (χ3v) is 3.19. The molecule has 0 saturated heterocycles. The maximum absolute atomic E-state index is 4.44. The van der Waals surface area contributed by atoms with E-state index in [0.29, 0.717) is 6.54 Å². The summed E-state index contributed by atoms with van der Waals surface area (Å²) in [6.07, 6.45) is 9.21. The zero-order valence-corrected chi connectivity index (χ0v) is 11.5. The molecule has 3 aromatic heterocycles. The summed E-state index contributed by atoms with van der Waals surface area (Å²) in [6.45, 7) is 2.63. The molecule has 0 saturated carbocycles. The molecule has 0 atom stereocenters. The molecule has 20 heavy (non-hydrogen) atoms. The Balaban J connectivity index is 1.71. The van der Waals surface area contributed by atoms with Gasteiger partial charge in [0.2, 0.25) is 0 Å². The number of imidazole rings is 2. The Kier molecular flexibility index (Phi) is 3.20. The second kappa shape index (κ2) is 5.16. The van der Waals surface area contributed by atoms with Crippen LogP contribution in [0.25, 0.3) is 5.82 Å². The molecule has 0 fully saturated rings. The van der Waals surface area contributed by atoms with Crippen LogP contribution in [0.3, 0.4) is 0 Å². The smallest absolute Gasteiger partial charge is 0.138 e. The highest BCUT2D eigenvalue weighted by Gasteiger charge is 2.03. The predicted molar refractivity (Wildman–Crippen MR) is 76.6 cm³/mol. The summed E-state index contributed by atoms with van der Waals surface area (Å²) < 4.78 is 3.94. The second-order valence-corrected chi connectivity index (χ2v) is 4.56. The third-order valence-electron chi connectivity index (χ3n) is 3.19. The van der Waals surface area contributed by atoms with Crippen molar-refractivity contribution in [2.45, 2.75) is 13.5 Å². The van der Waals surface area contributed by atoms with Crippen molar-refractivity contribution in [3.05, 3.63) is 54.8 Å². The maximum Gasteiger partial charge on any atom is 0.138 e. The zero-order chi connectivity index (χ0) is 13.9. The molecule has 0 unspecified atom stereocenters. The Hall–Kier alpha value is -2.63. The molecule has 0 aliphatic heterocycles. The standard InChI is InChI=1S/C14H16N6/c1-11-15-6-8-20(11)13-4-3-12(9-18-13)17-10-14-16-5-7-19(14)2/h3-9,17H,10H2,1-2H3. The summed E-state index contributed by atoms with van der Waals surface area (Å²) >= 11 is 0. The van der Waals surface area contributed by atoms with Crippen LogP contribution < -0.4 is 5.32 Å². The summed E-state index contributed by atoms with van der Waals surface area (Å²) in [4.78, 5) is 12.9. The number of aromatic nitrogens is 5. The summed E-state index contributed by atoms with van der Waals surface area (Å²) in [5.41, 5.74) is 0.967. The van der Waals surface area contributed by atoms with Gasteiger partial charge in [-0.25, -0.2) is 15.0 Å². The van der Waals surface area contributed by atoms with Crippen molar-refractivity contribution in [3.8, 4) is 5.82 Å². The van der Waals surface area contributed by atoms with E-state index in [4.69, 9.17) is 0 Å². The highest BCUT2D eigenvalue weighted by molar-refractivity contribution is 5.43. The molecule has 3 heterocycles. The number of rotatable bonds is 4. The lowest BCUT2D eigenvalue weighted by atomic mass is 10.4. The number of nitrogens with zero attached hydrogens (tertiary/aromatic N) is 5. The number of aryl methyl sites for hydroxylation is 2. The lowest BCUT2D eigenvalue weighted by Gasteiger charge is -2.08. The van der Waals surface area contributed by atoms with Crippen molar-refractivity contribution in [1.82, 2.24) is 24.1 Å². The minimum absolute atomic E-state index is 0.675. The van der Waals surface area contributed by atoms with Gasteiger partial charge in [-0.1, -0.05) is 0 Å². The minimum Gasteiger partial charge on any atom is -0.377 e. The molecule has 0 aromatic carbocycles. The van der Waals surface area contributed by atoms with Gasteiger partial charge in [0.1, 0.15) is 17.5 Å². The van der Waals surface area contributed by atoms with Crippen molar-refractivity contribution in [3.63, 3.8) is 0 Å². The average molecular weight is 268 g/mol. The fourth-order valence-corrected chi connectivity index (χ4v) is 2.00. The topological polar surface area (TPSA) is 60.6 Å². The van der Waals surface area contributed by atoms with E-state index in [1.54, 1.807) is 12.4 Å². The monoisotopic (exact) mass is 268 g/mol. The van der Waals surface area contributed by atoms with Gasteiger partial charge in [-0.2, -0.15) is 0 Å². The van der Waals surface area contributed by atoms with E-state index in [2.05, 4.69) is 20.3 Å². The van der Waals surface area contributed by atoms with Crippen LogP contribution in [-0.2, 0) is 13.6 Å². The predicted octanol–water partition coefficient (Wildman–Crippen LogP) is 1.92. The van der Waals surface area contributed by atoms with Gasteiger partial charge in [-0.3, -0.25) is 4.57 Å². The van der Waals surface area contributed by atoms with Crippen LogP contribution in [-0.4, -0.2) is 24.1 Å². The lowest BCUT2D eigenvalue weighted by molar-refractivity contribution is 0.812. The number of nitrogens with one attached hydrogen (secondary N) is 1. The van der Waals surface area contributed by atoms with Gasteiger partial charge in [0.05, 0.1) is 18.4 Å². The molecule has 6 heteroatoms. The van der Waals surface area contributed by atoms with E-state index in [1.807, 2.05) is 53.8 Å². The Morgan fingerprint density at radius 1 is 1.10 bits per heavy atom. The van der Waals surface area contributed by atoms with E-state index in [-0.39, 0.29) is 0 Å². The molecule has 3 rings (SSSR count). The molecular weight excluding hydrogens is 252 g/mol. The molecule has 102 valence electrons. The first-order valence-electron chi connectivity index (χ1n) is 6.40. The fraction of sp³-hybridized carbons (Fsp3) is 0.214. The number of hydrogen-bond acceptors (Lipinski definition) is 4. The largest absolute Gasteiger partial charge is 0.377 e. The Bertz CT molecular complexity index is 695. The van der Waals surface area contributed by atoms with E-state index in [0.717, 1.165) is 23.2 Å². The molecular formula is C14H16N6. The maximum atomic E-state index is 4.44. The van der Waals surface area contributed by atoms with E-state index in [1.165, 1.54) is 0 Å². The van der Waals surface area contributed by atoms with Gasteiger partial charge in [0.15, 0.2) is 0 Å². The van der Waals surface area contributed by atoms with Gasteiger partial charge in [0.25, 0.3) is 0 Å². The van der Waals surface area contributed by atoms with Gasteiger partial charge in [-0.15, -0.1) is 0 Å². The molecule has 3 aromatic rings. The van der Waals surface area contributed by atoms with Crippen molar-refractivity contribution in [1.29, 1.82) is 0 Å². The number of pyridine rings is 1. The van der Waals surface area contributed by atoms with Crippen LogP contribution in [0, 0.1) is 6.92 Å². The van der Waals surface area contributed by atoms with Crippen LogP contribution >= 0.6 is 0 Å². The van der Waals surface area contributed by atoms with E-state index in [9.17, 15) is 0 Å². The molecule has 0 bridgehead atoms. The molecule has 0 radical (unpaired) electrons. The number of anilines is 1. The van der Waals surface area contributed by atoms with E-state index < -0.39 is 0 Å². The van der Waals surface area contributed by atoms with Gasteiger partial charge in [0, 0.05) is 31.8 Å². The normalized spacial score (nSPS) is 10.7.